The van der Waals surface area contributed by atoms with Gasteiger partial charge in [-0.3, -0.25) is 4.98 Å². The van der Waals surface area contributed by atoms with Gasteiger partial charge in [0.05, 0.1) is 0 Å². The second-order valence-electron chi connectivity index (χ2n) is 2.89. The normalized spacial score (nSPS) is 9.17. The molecule has 0 aromatic carbocycles. The highest BCUT2D eigenvalue weighted by molar-refractivity contribution is 5.18. The molecule has 1 heteroatoms. The van der Waals surface area contributed by atoms with Gasteiger partial charge in [0.1, 0.15) is 0 Å². The Bertz CT molecular complexity index is 216. The van der Waals surface area contributed by atoms with E-state index < -0.39 is 0 Å². The van der Waals surface area contributed by atoms with E-state index in [-0.39, 0.29) is 0 Å². The molecule has 1 heterocycles. The Morgan fingerprint density at radius 2 is 1.83 bits per heavy atom. The lowest BCUT2D eigenvalue weighted by Gasteiger charge is -2.03. The number of rotatable bonds is 1. The van der Waals surface area contributed by atoms with Gasteiger partial charge in [0, 0.05) is 11.9 Å². The van der Waals surface area contributed by atoms with Crippen LogP contribution >= 0.6 is 0 Å². The SMILES string of the molecule is CC.Cc1cc(C(C)C)ccn1. The van der Waals surface area contributed by atoms with Crippen LogP contribution < -0.4 is 0 Å². The fourth-order valence-electron chi connectivity index (χ4n) is 0.927. The van der Waals surface area contributed by atoms with E-state index in [1.54, 1.807) is 0 Å². The minimum Gasteiger partial charge on any atom is -0.262 e. The van der Waals surface area contributed by atoms with Crippen LogP contribution in [0.3, 0.4) is 0 Å². The van der Waals surface area contributed by atoms with E-state index in [2.05, 4.69) is 31.0 Å². The number of hydrogen-bond acceptors (Lipinski definition) is 1. The van der Waals surface area contributed by atoms with Crippen molar-refractivity contribution in [3.05, 3.63) is 29.6 Å². The molecule has 0 bridgehead atoms. The minimum atomic E-state index is 0.613. The van der Waals surface area contributed by atoms with Gasteiger partial charge < -0.3 is 0 Å². The summed E-state index contributed by atoms with van der Waals surface area (Å²) in [7, 11) is 0. The lowest BCUT2D eigenvalue weighted by atomic mass is 10.0. The average molecular weight is 165 g/mol. The van der Waals surface area contributed by atoms with E-state index in [4.69, 9.17) is 0 Å². The number of aromatic nitrogens is 1. The molecular formula is C11H19N. The first-order valence-corrected chi connectivity index (χ1v) is 4.62. The molecule has 0 unspecified atom stereocenters. The molecule has 0 atom stereocenters. The Morgan fingerprint density at radius 1 is 1.25 bits per heavy atom. The number of hydrogen-bond donors (Lipinski definition) is 0. The number of aryl methyl sites for hydroxylation is 1. The topological polar surface area (TPSA) is 12.9 Å². The van der Waals surface area contributed by atoms with Gasteiger partial charge in [-0.15, -0.1) is 0 Å². The van der Waals surface area contributed by atoms with Crippen molar-refractivity contribution in [1.29, 1.82) is 0 Å². The van der Waals surface area contributed by atoms with Crippen molar-refractivity contribution >= 4 is 0 Å². The largest absolute Gasteiger partial charge is 0.262 e. The maximum atomic E-state index is 4.12. The third-order valence-electron chi connectivity index (χ3n) is 1.59. The van der Waals surface area contributed by atoms with Crippen molar-refractivity contribution in [2.75, 3.05) is 0 Å². The Kier molecular flexibility index (Phi) is 5.35. The molecule has 1 nitrogen and oxygen atoms in total. The summed E-state index contributed by atoms with van der Waals surface area (Å²) in [5, 5.41) is 0. The predicted molar refractivity (Wildman–Crippen MR) is 54.4 cm³/mol. The van der Waals surface area contributed by atoms with Crippen LogP contribution in [0.5, 0.6) is 0 Å². The average Bonchev–Trinajstić information content (AvgIpc) is 2.08. The molecule has 0 aliphatic carbocycles. The monoisotopic (exact) mass is 165 g/mol. The first kappa shape index (κ1) is 11.2. The molecule has 12 heavy (non-hydrogen) atoms. The Morgan fingerprint density at radius 3 is 2.17 bits per heavy atom. The zero-order valence-electron chi connectivity index (χ0n) is 8.76. The summed E-state index contributed by atoms with van der Waals surface area (Å²) in [5.41, 5.74) is 2.47. The quantitative estimate of drug-likeness (QED) is 0.620. The van der Waals surface area contributed by atoms with Crippen molar-refractivity contribution in [2.45, 2.75) is 40.5 Å². The molecule has 1 aromatic rings. The fourth-order valence-corrected chi connectivity index (χ4v) is 0.927. The lowest BCUT2D eigenvalue weighted by Crippen LogP contribution is -1.88. The summed E-state index contributed by atoms with van der Waals surface area (Å²) in [6.45, 7) is 10.4. The molecule has 0 aliphatic heterocycles. The van der Waals surface area contributed by atoms with Crippen LogP contribution in [-0.2, 0) is 0 Å². The third-order valence-corrected chi connectivity index (χ3v) is 1.59. The van der Waals surface area contributed by atoms with Gasteiger partial charge in [-0.05, 0) is 30.5 Å². The van der Waals surface area contributed by atoms with E-state index in [0.717, 1.165) is 5.69 Å². The molecule has 0 aliphatic rings. The summed E-state index contributed by atoms with van der Waals surface area (Å²) in [6, 6.07) is 4.20. The Hall–Kier alpha value is -0.850. The van der Waals surface area contributed by atoms with Crippen LogP contribution in [-0.4, -0.2) is 4.98 Å². The van der Waals surface area contributed by atoms with Crippen LogP contribution in [0.2, 0.25) is 0 Å². The smallest absolute Gasteiger partial charge is 0.0375 e. The van der Waals surface area contributed by atoms with Gasteiger partial charge >= 0.3 is 0 Å². The minimum absolute atomic E-state index is 0.613. The molecule has 0 saturated carbocycles. The second kappa shape index (κ2) is 5.76. The van der Waals surface area contributed by atoms with Crippen molar-refractivity contribution in [3.63, 3.8) is 0 Å². The maximum absolute atomic E-state index is 4.12. The highest BCUT2D eigenvalue weighted by Crippen LogP contribution is 2.12. The molecular weight excluding hydrogens is 146 g/mol. The maximum Gasteiger partial charge on any atom is 0.0375 e. The van der Waals surface area contributed by atoms with Gasteiger partial charge in [-0.25, -0.2) is 0 Å². The van der Waals surface area contributed by atoms with Gasteiger partial charge in [-0.1, -0.05) is 27.7 Å². The van der Waals surface area contributed by atoms with Crippen LogP contribution in [0, 0.1) is 6.92 Å². The predicted octanol–water partition coefficient (Wildman–Crippen LogP) is 3.54. The zero-order valence-corrected chi connectivity index (χ0v) is 8.76. The summed E-state index contributed by atoms with van der Waals surface area (Å²) in [5.74, 6) is 0.613. The molecule has 1 aromatic heterocycles. The van der Waals surface area contributed by atoms with E-state index in [1.807, 2.05) is 27.0 Å². The molecule has 0 fully saturated rings. The highest BCUT2D eigenvalue weighted by atomic mass is 14.6. The second-order valence-corrected chi connectivity index (χ2v) is 2.89. The third kappa shape index (κ3) is 3.51. The summed E-state index contributed by atoms with van der Waals surface area (Å²) in [6.07, 6.45) is 1.87. The van der Waals surface area contributed by atoms with Crippen LogP contribution in [0.15, 0.2) is 18.3 Å². The molecule has 0 N–H and O–H groups in total. The van der Waals surface area contributed by atoms with Crippen LogP contribution in [0.4, 0.5) is 0 Å². The molecule has 0 amide bonds. The molecule has 1 rings (SSSR count). The Balaban J connectivity index is 0.000000561. The van der Waals surface area contributed by atoms with Gasteiger partial charge in [0.25, 0.3) is 0 Å². The molecule has 0 saturated heterocycles. The lowest BCUT2D eigenvalue weighted by molar-refractivity contribution is 0.859. The van der Waals surface area contributed by atoms with E-state index in [0.29, 0.717) is 5.92 Å². The summed E-state index contributed by atoms with van der Waals surface area (Å²) in [4.78, 5) is 4.12. The summed E-state index contributed by atoms with van der Waals surface area (Å²) < 4.78 is 0. The van der Waals surface area contributed by atoms with E-state index in [9.17, 15) is 0 Å². The van der Waals surface area contributed by atoms with E-state index in [1.165, 1.54) is 5.56 Å². The zero-order chi connectivity index (χ0) is 9.56. The molecule has 68 valence electrons. The standard InChI is InChI=1S/C9H13N.C2H6/c1-7(2)9-4-5-10-8(3)6-9;1-2/h4-7H,1-3H3;1-2H3. The fraction of sp³-hybridized carbons (Fsp3) is 0.545. The van der Waals surface area contributed by atoms with Crippen molar-refractivity contribution in [1.82, 2.24) is 4.98 Å². The molecule has 0 spiro atoms. The number of nitrogens with zero attached hydrogens (tertiary/aromatic N) is 1. The van der Waals surface area contributed by atoms with E-state index >= 15 is 0 Å². The van der Waals surface area contributed by atoms with Crippen LogP contribution in [0.1, 0.15) is 44.9 Å². The van der Waals surface area contributed by atoms with Crippen molar-refractivity contribution in [2.24, 2.45) is 0 Å². The Labute approximate surface area is 75.8 Å². The van der Waals surface area contributed by atoms with Crippen molar-refractivity contribution < 1.29 is 0 Å². The van der Waals surface area contributed by atoms with Gasteiger partial charge in [0.15, 0.2) is 0 Å². The van der Waals surface area contributed by atoms with Gasteiger partial charge in [-0.2, -0.15) is 0 Å². The summed E-state index contributed by atoms with van der Waals surface area (Å²) >= 11 is 0. The first-order valence-electron chi connectivity index (χ1n) is 4.62. The number of pyridine rings is 1. The van der Waals surface area contributed by atoms with Crippen molar-refractivity contribution in [3.8, 4) is 0 Å². The molecule has 0 radical (unpaired) electrons. The van der Waals surface area contributed by atoms with Gasteiger partial charge in [0.2, 0.25) is 0 Å². The first-order chi connectivity index (χ1) is 5.70. The van der Waals surface area contributed by atoms with Crippen LogP contribution in [0.25, 0.3) is 0 Å². The highest BCUT2D eigenvalue weighted by Gasteiger charge is 1.96.